The molecule has 25 heavy (non-hydrogen) atoms. The molecule has 0 fully saturated rings. The molecule has 0 saturated carbocycles. The van der Waals surface area contributed by atoms with Crippen molar-refractivity contribution in [1.82, 2.24) is 4.98 Å². The predicted octanol–water partition coefficient (Wildman–Crippen LogP) is 4.39. The van der Waals surface area contributed by atoms with Gasteiger partial charge in [0.2, 0.25) is 5.91 Å². The number of hydrogen-bond donors (Lipinski definition) is 1. The van der Waals surface area contributed by atoms with Crippen molar-refractivity contribution in [2.24, 2.45) is 0 Å². The van der Waals surface area contributed by atoms with Crippen LogP contribution >= 0.6 is 11.3 Å². The number of aryl methyl sites for hydroxylation is 1. The fourth-order valence-corrected chi connectivity index (χ4v) is 4.48. The van der Waals surface area contributed by atoms with Crippen LogP contribution in [0.25, 0.3) is 11.3 Å². The minimum absolute atomic E-state index is 0.234. The molecule has 0 aliphatic carbocycles. The highest BCUT2D eigenvalue weighted by molar-refractivity contribution is 7.14. The lowest BCUT2D eigenvalue weighted by atomic mass is 9.96. The molecule has 1 N–H and O–H groups in total. The standard InChI is InChI=1S/C20H17N3OS/c24-18-11-15-10-14(9-13-5-4-8-23(18)19(13)15)17-12-25-20(22-17)21-16-6-2-1-3-7-16/h1-3,6-7,9-10,12H,4-5,8,11H2,(H,21,22). The van der Waals surface area contributed by atoms with Crippen molar-refractivity contribution in [3.63, 3.8) is 0 Å². The third-order valence-electron chi connectivity index (χ3n) is 4.83. The quantitative estimate of drug-likeness (QED) is 0.764. The van der Waals surface area contributed by atoms with Gasteiger partial charge in [-0.2, -0.15) is 0 Å². The molecule has 5 rings (SSSR count). The van der Waals surface area contributed by atoms with E-state index in [9.17, 15) is 4.79 Å². The van der Waals surface area contributed by atoms with Crippen molar-refractivity contribution in [2.75, 3.05) is 16.8 Å². The van der Waals surface area contributed by atoms with Crippen LogP contribution in [0.2, 0.25) is 0 Å². The Morgan fingerprint density at radius 3 is 2.84 bits per heavy atom. The molecule has 3 heterocycles. The molecule has 0 radical (unpaired) electrons. The van der Waals surface area contributed by atoms with Crippen molar-refractivity contribution in [3.05, 3.63) is 59.0 Å². The molecule has 0 saturated heterocycles. The molecular weight excluding hydrogens is 330 g/mol. The first-order valence-electron chi connectivity index (χ1n) is 8.52. The predicted molar refractivity (Wildman–Crippen MR) is 102 cm³/mol. The molecule has 2 aliphatic rings. The van der Waals surface area contributed by atoms with Crippen LogP contribution in [0.5, 0.6) is 0 Å². The van der Waals surface area contributed by atoms with Crippen LogP contribution in [-0.2, 0) is 17.6 Å². The number of para-hydroxylation sites is 1. The van der Waals surface area contributed by atoms with Crippen LogP contribution in [-0.4, -0.2) is 17.4 Å². The van der Waals surface area contributed by atoms with Crippen molar-refractivity contribution in [3.8, 4) is 11.3 Å². The zero-order valence-electron chi connectivity index (χ0n) is 13.7. The maximum absolute atomic E-state index is 12.2. The van der Waals surface area contributed by atoms with E-state index in [1.807, 2.05) is 35.2 Å². The summed E-state index contributed by atoms with van der Waals surface area (Å²) in [6, 6.07) is 14.4. The van der Waals surface area contributed by atoms with E-state index in [2.05, 4.69) is 22.8 Å². The monoisotopic (exact) mass is 347 g/mol. The molecule has 4 nitrogen and oxygen atoms in total. The number of benzene rings is 2. The molecule has 0 unspecified atom stereocenters. The summed E-state index contributed by atoms with van der Waals surface area (Å²) in [7, 11) is 0. The lowest BCUT2D eigenvalue weighted by molar-refractivity contribution is -0.117. The highest BCUT2D eigenvalue weighted by atomic mass is 32.1. The van der Waals surface area contributed by atoms with Gasteiger partial charge in [0.15, 0.2) is 5.13 Å². The number of nitrogens with one attached hydrogen (secondary N) is 1. The smallest absolute Gasteiger partial charge is 0.231 e. The molecule has 0 bridgehead atoms. The number of amides is 1. The van der Waals surface area contributed by atoms with Gasteiger partial charge in [-0.1, -0.05) is 18.2 Å². The van der Waals surface area contributed by atoms with E-state index in [1.165, 1.54) is 5.56 Å². The Labute approximate surface area is 150 Å². The summed E-state index contributed by atoms with van der Waals surface area (Å²) in [5.41, 5.74) is 6.73. The van der Waals surface area contributed by atoms with Gasteiger partial charge in [-0.3, -0.25) is 4.79 Å². The van der Waals surface area contributed by atoms with Crippen LogP contribution < -0.4 is 10.2 Å². The van der Waals surface area contributed by atoms with E-state index in [0.717, 1.165) is 52.7 Å². The highest BCUT2D eigenvalue weighted by Crippen LogP contribution is 2.40. The normalized spacial score (nSPS) is 15.4. The van der Waals surface area contributed by atoms with Gasteiger partial charge in [-0.15, -0.1) is 11.3 Å². The Balaban J connectivity index is 1.49. The van der Waals surface area contributed by atoms with Crippen LogP contribution in [0, 0.1) is 0 Å². The van der Waals surface area contributed by atoms with Gasteiger partial charge in [-0.05, 0) is 48.2 Å². The third kappa shape index (κ3) is 2.51. The highest BCUT2D eigenvalue weighted by Gasteiger charge is 2.32. The minimum atomic E-state index is 0.234. The Morgan fingerprint density at radius 2 is 1.96 bits per heavy atom. The molecule has 124 valence electrons. The number of aromatic nitrogens is 1. The molecular formula is C20H17N3OS. The topological polar surface area (TPSA) is 45.2 Å². The van der Waals surface area contributed by atoms with E-state index in [1.54, 1.807) is 11.3 Å². The first-order chi connectivity index (χ1) is 12.3. The summed E-state index contributed by atoms with van der Waals surface area (Å²) < 4.78 is 0. The first-order valence-corrected chi connectivity index (χ1v) is 9.40. The van der Waals surface area contributed by atoms with Crippen molar-refractivity contribution >= 4 is 33.8 Å². The molecule has 2 aromatic carbocycles. The zero-order chi connectivity index (χ0) is 16.8. The lowest BCUT2D eigenvalue weighted by Gasteiger charge is -2.25. The lowest BCUT2D eigenvalue weighted by Crippen LogP contribution is -2.31. The molecule has 0 atom stereocenters. The maximum atomic E-state index is 12.2. The fraction of sp³-hybridized carbons (Fsp3) is 0.200. The summed E-state index contributed by atoms with van der Waals surface area (Å²) in [5, 5.41) is 6.31. The first kappa shape index (κ1) is 14.7. The molecule has 5 heteroatoms. The van der Waals surface area contributed by atoms with Gasteiger partial charge < -0.3 is 10.2 Å². The molecule has 2 aliphatic heterocycles. The number of carbonyl (C=O) groups is 1. The Kier molecular flexibility index (Phi) is 3.35. The Morgan fingerprint density at radius 1 is 1.12 bits per heavy atom. The van der Waals surface area contributed by atoms with Crippen LogP contribution in [0.3, 0.4) is 0 Å². The Hall–Kier alpha value is -2.66. The summed E-state index contributed by atoms with van der Waals surface area (Å²) >= 11 is 1.60. The maximum Gasteiger partial charge on any atom is 0.231 e. The number of carbonyl (C=O) groups excluding carboxylic acids is 1. The summed E-state index contributed by atoms with van der Waals surface area (Å²) in [4.78, 5) is 18.9. The molecule has 3 aromatic rings. The van der Waals surface area contributed by atoms with E-state index < -0.39 is 0 Å². The summed E-state index contributed by atoms with van der Waals surface area (Å²) in [6.07, 6.45) is 2.61. The zero-order valence-corrected chi connectivity index (χ0v) is 14.5. The van der Waals surface area contributed by atoms with E-state index in [4.69, 9.17) is 4.98 Å². The van der Waals surface area contributed by atoms with E-state index in [0.29, 0.717) is 6.42 Å². The second kappa shape index (κ2) is 5.70. The van der Waals surface area contributed by atoms with Gasteiger partial charge in [0.1, 0.15) is 0 Å². The molecule has 1 amide bonds. The largest absolute Gasteiger partial charge is 0.332 e. The summed E-state index contributed by atoms with van der Waals surface area (Å²) in [5.74, 6) is 0.234. The second-order valence-electron chi connectivity index (χ2n) is 6.50. The SMILES string of the molecule is O=C1Cc2cc(-c3csc(Nc4ccccc4)n3)cc3c2N1CCC3. The van der Waals surface area contributed by atoms with Crippen LogP contribution in [0.15, 0.2) is 47.8 Å². The number of anilines is 3. The van der Waals surface area contributed by atoms with Gasteiger partial charge in [-0.25, -0.2) is 4.98 Å². The molecule has 0 spiro atoms. The third-order valence-corrected chi connectivity index (χ3v) is 5.59. The van der Waals surface area contributed by atoms with Crippen LogP contribution in [0.4, 0.5) is 16.5 Å². The van der Waals surface area contributed by atoms with Crippen LogP contribution in [0.1, 0.15) is 17.5 Å². The van der Waals surface area contributed by atoms with Gasteiger partial charge >= 0.3 is 0 Å². The fourth-order valence-electron chi connectivity index (χ4n) is 3.74. The van der Waals surface area contributed by atoms with Gasteiger partial charge in [0, 0.05) is 23.2 Å². The number of nitrogens with zero attached hydrogens (tertiary/aromatic N) is 2. The van der Waals surface area contributed by atoms with Gasteiger partial charge in [0.25, 0.3) is 0 Å². The van der Waals surface area contributed by atoms with Gasteiger partial charge in [0.05, 0.1) is 17.8 Å². The average Bonchev–Trinajstić information content (AvgIpc) is 3.22. The Bertz CT molecular complexity index is 964. The number of rotatable bonds is 3. The van der Waals surface area contributed by atoms with Crippen molar-refractivity contribution < 1.29 is 4.79 Å². The van der Waals surface area contributed by atoms with Crippen molar-refractivity contribution in [2.45, 2.75) is 19.3 Å². The summed E-state index contributed by atoms with van der Waals surface area (Å²) in [6.45, 7) is 0.861. The number of thiazole rings is 1. The van der Waals surface area contributed by atoms with Crippen molar-refractivity contribution in [1.29, 1.82) is 0 Å². The average molecular weight is 347 g/mol. The van der Waals surface area contributed by atoms with E-state index >= 15 is 0 Å². The second-order valence-corrected chi connectivity index (χ2v) is 7.36. The molecule has 1 aromatic heterocycles. The van der Waals surface area contributed by atoms with E-state index in [-0.39, 0.29) is 5.91 Å². The number of hydrogen-bond acceptors (Lipinski definition) is 4. The minimum Gasteiger partial charge on any atom is -0.332 e.